The third-order valence-electron chi connectivity index (χ3n) is 2.65. The summed E-state index contributed by atoms with van der Waals surface area (Å²) in [5, 5.41) is 0. The van der Waals surface area contributed by atoms with E-state index in [0.717, 1.165) is 30.9 Å². The first kappa shape index (κ1) is 13.5. The number of hydrogen-bond acceptors (Lipinski definition) is 3. The minimum atomic E-state index is 0.0244. The first-order valence-electron chi connectivity index (χ1n) is 5.91. The Hall–Kier alpha value is -1.61. The Morgan fingerprint density at radius 3 is 2.41 bits per heavy atom. The van der Waals surface area contributed by atoms with E-state index in [1.54, 1.807) is 0 Å². The minimum absolute atomic E-state index is 0.0244. The van der Waals surface area contributed by atoms with Crippen LogP contribution in [0.25, 0.3) is 0 Å². The molecule has 3 heteroatoms. The van der Waals surface area contributed by atoms with Crippen molar-refractivity contribution in [3.05, 3.63) is 49.3 Å². The van der Waals surface area contributed by atoms with Gasteiger partial charge in [-0.2, -0.15) is 0 Å². The largest absolute Gasteiger partial charge is 0.363 e. The molecule has 0 amide bonds. The number of aromatic nitrogens is 1. The van der Waals surface area contributed by atoms with Gasteiger partial charge in [0, 0.05) is 19.1 Å². The number of nitrogens with two attached hydrogens (primary N) is 1. The van der Waals surface area contributed by atoms with Crippen molar-refractivity contribution in [2.45, 2.75) is 19.4 Å². The van der Waals surface area contributed by atoms with Crippen LogP contribution in [0.3, 0.4) is 0 Å². The average molecular weight is 231 g/mol. The second-order valence-electron chi connectivity index (χ2n) is 3.94. The van der Waals surface area contributed by atoms with Crippen LogP contribution in [0.1, 0.15) is 25.1 Å². The van der Waals surface area contributed by atoms with Crippen LogP contribution in [-0.4, -0.2) is 18.1 Å². The van der Waals surface area contributed by atoms with Crippen molar-refractivity contribution in [1.82, 2.24) is 4.98 Å². The van der Waals surface area contributed by atoms with E-state index in [0.29, 0.717) is 0 Å². The van der Waals surface area contributed by atoms with Gasteiger partial charge < -0.3 is 10.6 Å². The predicted molar refractivity (Wildman–Crippen MR) is 74.1 cm³/mol. The molecule has 3 nitrogen and oxygen atoms in total. The molecular weight excluding hydrogens is 210 g/mol. The molecule has 2 N–H and O–H groups in total. The van der Waals surface area contributed by atoms with Crippen molar-refractivity contribution in [3.8, 4) is 0 Å². The lowest BCUT2D eigenvalue weighted by Gasteiger charge is -2.21. The van der Waals surface area contributed by atoms with Crippen LogP contribution in [0.15, 0.2) is 43.6 Å². The molecule has 0 aromatic carbocycles. The summed E-state index contributed by atoms with van der Waals surface area (Å²) < 4.78 is 0. The third-order valence-corrected chi connectivity index (χ3v) is 2.65. The van der Waals surface area contributed by atoms with Gasteiger partial charge in [0.1, 0.15) is 0 Å². The van der Waals surface area contributed by atoms with E-state index in [1.807, 2.05) is 30.5 Å². The fourth-order valence-corrected chi connectivity index (χ4v) is 1.61. The molecule has 92 valence electrons. The van der Waals surface area contributed by atoms with Crippen molar-refractivity contribution < 1.29 is 0 Å². The van der Waals surface area contributed by atoms with Crippen LogP contribution in [0.2, 0.25) is 0 Å². The summed E-state index contributed by atoms with van der Waals surface area (Å²) >= 11 is 0. The number of pyridine rings is 1. The Bertz CT molecular complexity index is 346. The van der Waals surface area contributed by atoms with Crippen LogP contribution in [-0.2, 0) is 0 Å². The van der Waals surface area contributed by atoms with Gasteiger partial charge >= 0.3 is 0 Å². The topological polar surface area (TPSA) is 42.1 Å². The van der Waals surface area contributed by atoms with E-state index in [1.165, 1.54) is 0 Å². The van der Waals surface area contributed by atoms with Gasteiger partial charge in [-0.25, -0.2) is 0 Å². The zero-order valence-corrected chi connectivity index (χ0v) is 10.5. The highest BCUT2D eigenvalue weighted by molar-refractivity contribution is 5.46. The molecule has 1 aromatic rings. The molecule has 0 spiro atoms. The Morgan fingerprint density at radius 2 is 2.00 bits per heavy atom. The SMILES string of the molecule is C=CCN(CC=C)c1ccc([C@H](N)CC)nc1. The van der Waals surface area contributed by atoms with Crippen LogP contribution in [0, 0.1) is 0 Å². The fourth-order valence-electron chi connectivity index (χ4n) is 1.61. The molecule has 1 heterocycles. The Morgan fingerprint density at radius 1 is 1.35 bits per heavy atom. The van der Waals surface area contributed by atoms with Crippen LogP contribution < -0.4 is 10.6 Å². The number of hydrogen-bond donors (Lipinski definition) is 1. The molecule has 0 unspecified atom stereocenters. The van der Waals surface area contributed by atoms with Crippen molar-refractivity contribution in [2.75, 3.05) is 18.0 Å². The molecular formula is C14H21N3. The highest BCUT2D eigenvalue weighted by Crippen LogP contribution is 2.16. The van der Waals surface area contributed by atoms with Gasteiger partial charge in [-0.05, 0) is 18.6 Å². The molecule has 0 saturated carbocycles. The maximum Gasteiger partial charge on any atom is 0.0572 e. The Labute approximate surface area is 104 Å². The molecule has 0 fully saturated rings. The highest BCUT2D eigenvalue weighted by atomic mass is 15.1. The van der Waals surface area contributed by atoms with Gasteiger partial charge in [0.05, 0.1) is 17.6 Å². The summed E-state index contributed by atoms with van der Waals surface area (Å²) in [7, 11) is 0. The van der Waals surface area contributed by atoms with Crippen LogP contribution in [0.5, 0.6) is 0 Å². The number of anilines is 1. The fraction of sp³-hybridized carbons (Fsp3) is 0.357. The molecule has 0 radical (unpaired) electrons. The Balaban J connectivity index is 2.83. The molecule has 1 atom stereocenters. The van der Waals surface area contributed by atoms with Crippen molar-refractivity contribution in [2.24, 2.45) is 5.73 Å². The standard InChI is InChI=1S/C14H21N3/c1-4-9-17(10-5-2)12-7-8-14(16-11-12)13(15)6-3/h4-5,7-8,11,13H,1-2,6,9-10,15H2,3H3/t13-/m1/s1. The van der Waals surface area contributed by atoms with E-state index < -0.39 is 0 Å². The van der Waals surface area contributed by atoms with E-state index in [2.05, 4.69) is 30.0 Å². The number of rotatable bonds is 7. The second kappa shape index (κ2) is 6.86. The van der Waals surface area contributed by atoms with Gasteiger partial charge in [0.25, 0.3) is 0 Å². The lowest BCUT2D eigenvalue weighted by molar-refractivity contribution is 0.675. The lowest BCUT2D eigenvalue weighted by atomic mass is 10.1. The van der Waals surface area contributed by atoms with E-state index >= 15 is 0 Å². The van der Waals surface area contributed by atoms with Crippen molar-refractivity contribution >= 4 is 5.69 Å². The van der Waals surface area contributed by atoms with Gasteiger partial charge in [-0.3, -0.25) is 4.98 Å². The van der Waals surface area contributed by atoms with E-state index in [9.17, 15) is 0 Å². The smallest absolute Gasteiger partial charge is 0.0572 e. The maximum absolute atomic E-state index is 5.93. The molecule has 0 aliphatic rings. The molecule has 0 aliphatic carbocycles. The maximum atomic E-state index is 5.93. The molecule has 1 rings (SSSR count). The predicted octanol–water partition coefficient (Wildman–Crippen LogP) is 2.67. The van der Waals surface area contributed by atoms with Gasteiger partial charge in [0.2, 0.25) is 0 Å². The molecule has 17 heavy (non-hydrogen) atoms. The van der Waals surface area contributed by atoms with E-state index in [-0.39, 0.29) is 6.04 Å². The summed E-state index contributed by atoms with van der Waals surface area (Å²) in [4.78, 5) is 6.55. The van der Waals surface area contributed by atoms with E-state index in [4.69, 9.17) is 5.73 Å². The summed E-state index contributed by atoms with van der Waals surface area (Å²) in [6.07, 6.45) is 6.50. The second-order valence-corrected chi connectivity index (χ2v) is 3.94. The molecule has 1 aromatic heterocycles. The minimum Gasteiger partial charge on any atom is -0.363 e. The first-order chi connectivity index (χ1) is 8.22. The number of nitrogens with zero attached hydrogens (tertiary/aromatic N) is 2. The van der Waals surface area contributed by atoms with Gasteiger partial charge in [-0.1, -0.05) is 19.1 Å². The molecule has 0 aliphatic heterocycles. The van der Waals surface area contributed by atoms with Crippen LogP contribution >= 0.6 is 0 Å². The third kappa shape index (κ3) is 3.71. The zero-order valence-electron chi connectivity index (χ0n) is 10.5. The average Bonchev–Trinajstić information content (AvgIpc) is 2.38. The van der Waals surface area contributed by atoms with Crippen molar-refractivity contribution in [1.29, 1.82) is 0 Å². The van der Waals surface area contributed by atoms with Crippen LogP contribution in [0.4, 0.5) is 5.69 Å². The summed E-state index contributed by atoms with van der Waals surface area (Å²) in [5.74, 6) is 0. The Kier molecular flexibility index (Phi) is 5.43. The lowest BCUT2D eigenvalue weighted by Crippen LogP contribution is -2.23. The monoisotopic (exact) mass is 231 g/mol. The van der Waals surface area contributed by atoms with Crippen molar-refractivity contribution in [3.63, 3.8) is 0 Å². The summed E-state index contributed by atoms with van der Waals surface area (Å²) in [6.45, 7) is 11.1. The molecule has 0 saturated heterocycles. The quantitative estimate of drug-likeness (QED) is 0.734. The zero-order chi connectivity index (χ0) is 12.7. The first-order valence-corrected chi connectivity index (χ1v) is 5.91. The van der Waals surface area contributed by atoms with Gasteiger partial charge in [-0.15, -0.1) is 13.2 Å². The summed E-state index contributed by atoms with van der Waals surface area (Å²) in [5.41, 5.74) is 7.93. The van der Waals surface area contributed by atoms with Gasteiger partial charge in [0.15, 0.2) is 0 Å². The normalized spacial score (nSPS) is 11.9. The molecule has 0 bridgehead atoms. The highest BCUT2D eigenvalue weighted by Gasteiger charge is 2.07. The summed E-state index contributed by atoms with van der Waals surface area (Å²) in [6, 6.07) is 4.06.